The first kappa shape index (κ1) is 21.1. The van der Waals surface area contributed by atoms with Gasteiger partial charge in [-0.25, -0.2) is 0 Å². The lowest BCUT2D eigenvalue weighted by atomic mass is 9.97. The number of carbonyl (C=O) groups excluding carboxylic acids is 1. The molecule has 0 aliphatic carbocycles. The Labute approximate surface area is 180 Å². The molecule has 0 aliphatic rings. The summed E-state index contributed by atoms with van der Waals surface area (Å²) in [5.41, 5.74) is 4.76. The van der Waals surface area contributed by atoms with E-state index in [4.69, 9.17) is 11.6 Å². The number of amides is 1. The van der Waals surface area contributed by atoms with E-state index < -0.39 is 0 Å². The first-order valence-electron chi connectivity index (χ1n) is 9.42. The van der Waals surface area contributed by atoms with Crippen molar-refractivity contribution in [3.63, 3.8) is 0 Å². The van der Waals surface area contributed by atoms with E-state index in [-0.39, 0.29) is 5.91 Å². The molecule has 0 radical (unpaired) electrons. The van der Waals surface area contributed by atoms with E-state index in [0.29, 0.717) is 23.7 Å². The van der Waals surface area contributed by atoms with Gasteiger partial charge in [-0.05, 0) is 66.1 Å². The van der Waals surface area contributed by atoms with Gasteiger partial charge in [0.1, 0.15) is 0 Å². The van der Waals surface area contributed by atoms with E-state index in [1.54, 1.807) is 16.0 Å². The number of hydrogen-bond donors (Lipinski definition) is 1. The molecule has 0 aliphatic heterocycles. The summed E-state index contributed by atoms with van der Waals surface area (Å²) < 4.78 is 1.74. The van der Waals surface area contributed by atoms with Crippen LogP contribution in [0.25, 0.3) is 16.1 Å². The van der Waals surface area contributed by atoms with Gasteiger partial charge in [0.25, 0.3) is 5.91 Å². The Balaban J connectivity index is 1.68. The first-order valence-corrected chi connectivity index (χ1v) is 10.7. The standard InChI is InChI=1S/C23H24ClN3OS/c1-4-5-7-17(19-14-18(24)10-9-16(19)2)11-12-25-23(28)20-15-21(27(3)26-20)22-8-6-13-29-22/h4,6-10,13-15H,1,5,11-12H2,2-3H3,(H,25,28)/b17-7-. The lowest BCUT2D eigenvalue weighted by molar-refractivity contribution is 0.0949. The highest BCUT2D eigenvalue weighted by molar-refractivity contribution is 7.13. The van der Waals surface area contributed by atoms with Crippen LogP contribution in [-0.4, -0.2) is 22.2 Å². The molecule has 3 rings (SSSR count). The van der Waals surface area contributed by atoms with E-state index in [1.165, 1.54) is 0 Å². The Kier molecular flexibility index (Phi) is 7.07. The lowest BCUT2D eigenvalue weighted by Gasteiger charge is -2.12. The third-order valence-electron chi connectivity index (χ3n) is 4.64. The molecule has 150 valence electrons. The van der Waals surface area contributed by atoms with Crippen LogP contribution in [0, 0.1) is 6.92 Å². The van der Waals surface area contributed by atoms with Crippen molar-refractivity contribution < 1.29 is 4.79 Å². The summed E-state index contributed by atoms with van der Waals surface area (Å²) in [6, 6.07) is 11.7. The van der Waals surface area contributed by atoms with Crippen LogP contribution < -0.4 is 5.32 Å². The van der Waals surface area contributed by atoms with Gasteiger partial charge in [-0.2, -0.15) is 5.10 Å². The van der Waals surface area contributed by atoms with Crippen molar-refractivity contribution in [2.24, 2.45) is 7.05 Å². The summed E-state index contributed by atoms with van der Waals surface area (Å²) in [6.07, 6.45) is 5.46. The zero-order valence-corrected chi connectivity index (χ0v) is 18.2. The summed E-state index contributed by atoms with van der Waals surface area (Å²) in [7, 11) is 1.85. The molecule has 6 heteroatoms. The summed E-state index contributed by atoms with van der Waals surface area (Å²) in [5.74, 6) is -0.172. The maximum Gasteiger partial charge on any atom is 0.271 e. The number of allylic oxidation sites excluding steroid dienone is 2. The Bertz CT molecular complexity index is 1030. The molecule has 0 bridgehead atoms. The van der Waals surface area contributed by atoms with Gasteiger partial charge < -0.3 is 5.32 Å². The molecule has 1 amide bonds. The molecule has 1 N–H and O–H groups in total. The quantitative estimate of drug-likeness (QED) is 0.457. The fourth-order valence-electron chi connectivity index (χ4n) is 3.15. The van der Waals surface area contributed by atoms with Crippen molar-refractivity contribution in [2.45, 2.75) is 19.8 Å². The largest absolute Gasteiger partial charge is 0.350 e. The second-order valence-corrected chi connectivity index (χ2v) is 8.12. The Morgan fingerprint density at radius 3 is 2.90 bits per heavy atom. The molecule has 4 nitrogen and oxygen atoms in total. The number of thiophene rings is 1. The van der Waals surface area contributed by atoms with Crippen LogP contribution in [0.4, 0.5) is 0 Å². The number of nitrogens with zero attached hydrogens (tertiary/aromatic N) is 2. The fraction of sp³-hybridized carbons (Fsp3) is 0.217. The van der Waals surface area contributed by atoms with Gasteiger partial charge in [0.15, 0.2) is 5.69 Å². The van der Waals surface area contributed by atoms with Gasteiger partial charge in [-0.1, -0.05) is 35.9 Å². The average molecular weight is 426 g/mol. The minimum Gasteiger partial charge on any atom is -0.350 e. The maximum atomic E-state index is 12.6. The second-order valence-electron chi connectivity index (χ2n) is 6.73. The summed E-state index contributed by atoms with van der Waals surface area (Å²) in [5, 5.41) is 10.1. The van der Waals surface area contributed by atoms with Crippen molar-refractivity contribution in [3.8, 4) is 10.6 Å². The second kappa shape index (κ2) is 9.72. The molecule has 0 spiro atoms. The van der Waals surface area contributed by atoms with Crippen LogP contribution >= 0.6 is 22.9 Å². The highest BCUT2D eigenvalue weighted by atomic mass is 35.5. The predicted octanol–water partition coefficient (Wildman–Crippen LogP) is 5.89. The van der Waals surface area contributed by atoms with Gasteiger partial charge in [0.2, 0.25) is 0 Å². The minimum atomic E-state index is -0.172. The van der Waals surface area contributed by atoms with Crippen LogP contribution in [0.2, 0.25) is 5.02 Å². The monoisotopic (exact) mass is 425 g/mol. The van der Waals surface area contributed by atoms with E-state index in [0.717, 1.165) is 33.7 Å². The van der Waals surface area contributed by atoms with Gasteiger partial charge in [-0.15, -0.1) is 17.9 Å². The molecule has 0 fully saturated rings. The van der Waals surface area contributed by atoms with Crippen molar-refractivity contribution in [2.75, 3.05) is 6.54 Å². The van der Waals surface area contributed by atoms with E-state index in [1.807, 2.05) is 54.9 Å². The summed E-state index contributed by atoms with van der Waals surface area (Å²) in [6.45, 7) is 6.37. The molecule has 29 heavy (non-hydrogen) atoms. The molecule has 3 aromatic rings. The number of hydrogen-bond acceptors (Lipinski definition) is 3. The van der Waals surface area contributed by atoms with Gasteiger partial charge in [0, 0.05) is 18.6 Å². The van der Waals surface area contributed by atoms with Crippen LogP contribution in [0.1, 0.15) is 34.5 Å². The third kappa shape index (κ3) is 5.25. The van der Waals surface area contributed by atoms with Crippen molar-refractivity contribution in [1.29, 1.82) is 0 Å². The molecule has 1 aromatic carbocycles. The number of benzene rings is 1. The SMILES string of the molecule is C=CC/C=C(/CCNC(=O)c1cc(-c2cccs2)n(C)n1)c1cc(Cl)ccc1C. The van der Waals surface area contributed by atoms with Crippen LogP contribution in [0.5, 0.6) is 0 Å². The third-order valence-corrected chi connectivity index (χ3v) is 5.77. The zero-order chi connectivity index (χ0) is 20.8. The van der Waals surface area contributed by atoms with E-state index >= 15 is 0 Å². The Hall–Kier alpha value is -2.63. The number of aromatic nitrogens is 2. The van der Waals surface area contributed by atoms with Crippen LogP contribution in [0.15, 0.2) is 60.5 Å². The van der Waals surface area contributed by atoms with E-state index in [9.17, 15) is 4.79 Å². The molecule has 0 saturated heterocycles. The van der Waals surface area contributed by atoms with Gasteiger partial charge >= 0.3 is 0 Å². The number of halogens is 1. The molecule has 0 saturated carbocycles. The van der Waals surface area contributed by atoms with Crippen molar-refractivity contribution in [1.82, 2.24) is 15.1 Å². The smallest absolute Gasteiger partial charge is 0.271 e. The van der Waals surface area contributed by atoms with Crippen LogP contribution in [-0.2, 0) is 7.05 Å². The predicted molar refractivity (Wildman–Crippen MR) is 122 cm³/mol. The Morgan fingerprint density at radius 1 is 1.34 bits per heavy atom. The molecular formula is C23H24ClN3OS. The van der Waals surface area contributed by atoms with Gasteiger partial charge in [-0.3, -0.25) is 9.48 Å². The minimum absolute atomic E-state index is 0.172. The van der Waals surface area contributed by atoms with Crippen LogP contribution in [0.3, 0.4) is 0 Å². The molecule has 0 atom stereocenters. The topological polar surface area (TPSA) is 46.9 Å². The number of nitrogens with one attached hydrogen (secondary N) is 1. The van der Waals surface area contributed by atoms with Crippen molar-refractivity contribution in [3.05, 3.63) is 82.4 Å². The zero-order valence-electron chi connectivity index (χ0n) is 16.6. The normalized spacial score (nSPS) is 11.5. The molecular weight excluding hydrogens is 402 g/mol. The van der Waals surface area contributed by atoms with Gasteiger partial charge in [0.05, 0.1) is 10.6 Å². The molecule has 2 heterocycles. The number of carbonyl (C=O) groups is 1. The first-order chi connectivity index (χ1) is 14.0. The maximum absolute atomic E-state index is 12.6. The molecule has 0 unspecified atom stereocenters. The van der Waals surface area contributed by atoms with E-state index in [2.05, 4.69) is 30.0 Å². The summed E-state index contributed by atoms with van der Waals surface area (Å²) in [4.78, 5) is 13.7. The highest BCUT2D eigenvalue weighted by Gasteiger charge is 2.14. The fourth-order valence-corrected chi connectivity index (χ4v) is 4.09. The molecule has 2 aromatic heterocycles. The highest BCUT2D eigenvalue weighted by Crippen LogP contribution is 2.26. The lowest BCUT2D eigenvalue weighted by Crippen LogP contribution is -2.25. The average Bonchev–Trinajstić information content (AvgIpc) is 3.36. The Morgan fingerprint density at radius 2 is 2.17 bits per heavy atom. The number of rotatable bonds is 8. The number of aryl methyl sites for hydroxylation is 2. The van der Waals surface area contributed by atoms with Crippen molar-refractivity contribution >= 4 is 34.4 Å². The summed E-state index contributed by atoms with van der Waals surface area (Å²) >= 11 is 7.82.